The summed E-state index contributed by atoms with van der Waals surface area (Å²) in [5, 5.41) is 7.78. The monoisotopic (exact) mass is 510 g/mol. The fourth-order valence-corrected chi connectivity index (χ4v) is 4.81. The van der Waals surface area contributed by atoms with E-state index in [1.165, 1.54) is 36.7 Å². The minimum Gasteiger partial charge on any atom is -0.349 e. The molecule has 0 spiro atoms. The molecule has 2 aromatic heterocycles. The largest absolute Gasteiger partial charge is 0.349 e. The number of carbonyl (C=O) groups excluding carboxylic acids is 1. The molecule has 12 heteroatoms. The van der Waals surface area contributed by atoms with E-state index in [1.807, 2.05) is 4.90 Å². The Labute approximate surface area is 205 Å². The lowest BCUT2D eigenvalue weighted by Crippen LogP contribution is -2.24. The van der Waals surface area contributed by atoms with Crippen LogP contribution in [0.25, 0.3) is 11.0 Å². The van der Waals surface area contributed by atoms with Crippen LogP contribution in [0.4, 0.5) is 20.4 Å². The van der Waals surface area contributed by atoms with Crippen LogP contribution in [0.2, 0.25) is 0 Å². The first-order valence-electron chi connectivity index (χ1n) is 11.0. The number of pyridine rings is 1. The Morgan fingerprint density at radius 1 is 1.06 bits per heavy atom. The third-order valence-electron chi connectivity index (χ3n) is 6.01. The van der Waals surface area contributed by atoms with Crippen molar-refractivity contribution in [2.75, 3.05) is 16.8 Å². The Morgan fingerprint density at radius 3 is 2.58 bits per heavy atom. The molecule has 1 aliphatic heterocycles. The number of benzene rings is 2. The molecule has 1 atom stereocenters. The molecule has 184 valence electrons. The Kier molecular flexibility index (Phi) is 6.06. The predicted molar refractivity (Wildman–Crippen MR) is 129 cm³/mol. The molecule has 36 heavy (non-hydrogen) atoms. The second kappa shape index (κ2) is 9.21. The molecule has 1 unspecified atom stereocenters. The molecule has 1 saturated heterocycles. The standard InChI is InChI=1S/C24H20F2N6O3S/c25-15-5-8-18(26)17(12-15)20-2-1-11-32(20)21-10-9-19-22(30-21)23(29-13-28-19)31-24(33)14-3-6-16(7-4-14)36(27,34)35/h3-10,12-13,20H,1-2,11H2,(H2,27,34,35)(H,28,29,31,33). The normalized spacial score (nSPS) is 15.9. The molecule has 0 aliphatic carbocycles. The fraction of sp³-hybridized carbons (Fsp3) is 0.167. The molecule has 2 aromatic carbocycles. The van der Waals surface area contributed by atoms with Crippen molar-refractivity contribution in [3.8, 4) is 0 Å². The Morgan fingerprint density at radius 2 is 1.83 bits per heavy atom. The number of hydrogen-bond acceptors (Lipinski definition) is 7. The van der Waals surface area contributed by atoms with Gasteiger partial charge < -0.3 is 10.2 Å². The number of nitrogens with two attached hydrogens (primary N) is 1. The number of nitrogens with zero attached hydrogens (tertiary/aromatic N) is 4. The summed E-state index contributed by atoms with van der Waals surface area (Å²) >= 11 is 0. The van der Waals surface area contributed by atoms with Gasteiger partial charge >= 0.3 is 0 Å². The van der Waals surface area contributed by atoms with Crippen LogP contribution in [-0.4, -0.2) is 35.8 Å². The van der Waals surface area contributed by atoms with E-state index in [0.717, 1.165) is 18.6 Å². The van der Waals surface area contributed by atoms with Crippen LogP contribution in [0.15, 0.2) is 65.8 Å². The molecule has 1 fully saturated rings. The topological polar surface area (TPSA) is 131 Å². The van der Waals surface area contributed by atoms with Gasteiger partial charge in [0.25, 0.3) is 5.91 Å². The highest BCUT2D eigenvalue weighted by Gasteiger charge is 2.30. The first-order chi connectivity index (χ1) is 17.2. The summed E-state index contributed by atoms with van der Waals surface area (Å²) in [4.78, 5) is 27.6. The Balaban J connectivity index is 1.46. The predicted octanol–water partition coefficient (Wildman–Crippen LogP) is 3.54. The third kappa shape index (κ3) is 4.60. The third-order valence-corrected chi connectivity index (χ3v) is 6.94. The highest BCUT2D eigenvalue weighted by molar-refractivity contribution is 7.89. The zero-order valence-corrected chi connectivity index (χ0v) is 19.5. The molecule has 0 saturated carbocycles. The number of sulfonamides is 1. The lowest BCUT2D eigenvalue weighted by Gasteiger charge is -2.26. The number of hydrogen-bond donors (Lipinski definition) is 2. The van der Waals surface area contributed by atoms with Crippen molar-refractivity contribution < 1.29 is 22.0 Å². The van der Waals surface area contributed by atoms with Crippen LogP contribution in [0.1, 0.15) is 34.8 Å². The van der Waals surface area contributed by atoms with E-state index < -0.39 is 33.6 Å². The molecule has 3 heterocycles. The van der Waals surface area contributed by atoms with E-state index in [0.29, 0.717) is 29.8 Å². The van der Waals surface area contributed by atoms with Crippen molar-refractivity contribution in [2.24, 2.45) is 5.14 Å². The summed E-state index contributed by atoms with van der Waals surface area (Å²) in [6.45, 7) is 0.588. The highest BCUT2D eigenvalue weighted by Crippen LogP contribution is 2.37. The van der Waals surface area contributed by atoms with Gasteiger partial charge in [-0.3, -0.25) is 4.79 Å². The molecular formula is C24H20F2N6O3S. The van der Waals surface area contributed by atoms with Crippen molar-refractivity contribution in [1.29, 1.82) is 0 Å². The van der Waals surface area contributed by atoms with Crippen molar-refractivity contribution in [3.63, 3.8) is 0 Å². The SMILES string of the molecule is NS(=O)(=O)c1ccc(C(=O)Nc2ncnc3ccc(N4CCCC4c4cc(F)ccc4F)nc23)cc1. The quantitative estimate of drug-likeness (QED) is 0.420. The maximum atomic E-state index is 14.5. The van der Waals surface area contributed by atoms with Gasteiger partial charge in [-0.05, 0) is 67.4 Å². The number of aromatic nitrogens is 3. The number of nitrogens with one attached hydrogen (secondary N) is 1. The molecule has 4 aromatic rings. The highest BCUT2D eigenvalue weighted by atomic mass is 32.2. The van der Waals surface area contributed by atoms with E-state index in [9.17, 15) is 22.0 Å². The number of amides is 1. The first-order valence-corrected chi connectivity index (χ1v) is 12.5. The second-order valence-corrected chi connectivity index (χ2v) is 9.86. The smallest absolute Gasteiger partial charge is 0.256 e. The second-order valence-electron chi connectivity index (χ2n) is 8.30. The summed E-state index contributed by atoms with van der Waals surface area (Å²) in [5.41, 5.74) is 1.23. The molecule has 9 nitrogen and oxygen atoms in total. The Hall–Kier alpha value is -4.03. The van der Waals surface area contributed by atoms with Crippen molar-refractivity contribution >= 4 is 38.6 Å². The van der Waals surface area contributed by atoms with Crippen LogP contribution in [0.5, 0.6) is 0 Å². The molecule has 5 rings (SSSR count). The Bertz CT molecular complexity index is 1580. The first kappa shape index (κ1) is 23.7. The van der Waals surface area contributed by atoms with E-state index in [4.69, 9.17) is 5.14 Å². The number of fused-ring (bicyclic) bond motifs is 1. The van der Waals surface area contributed by atoms with Gasteiger partial charge in [-0.25, -0.2) is 37.3 Å². The van der Waals surface area contributed by atoms with Crippen LogP contribution in [0, 0.1) is 11.6 Å². The summed E-state index contributed by atoms with van der Waals surface area (Å²) < 4.78 is 51.2. The lowest BCUT2D eigenvalue weighted by atomic mass is 10.0. The van der Waals surface area contributed by atoms with Gasteiger partial charge in [0.2, 0.25) is 10.0 Å². The molecule has 1 amide bonds. The van der Waals surface area contributed by atoms with Gasteiger partial charge in [0.05, 0.1) is 16.5 Å². The molecule has 0 bridgehead atoms. The molecule has 3 N–H and O–H groups in total. The molecular weight excluding hydrogens is 490 g/mol. The van der Waals surface area contributed by atoms with E-state index in [2.05, 4.69) is 20.3 Å². The van der Waals surface area contributed by atoms with Gasteiger partial charge in [-0.1, -0.05) is 0 Å². The average Bonchev–Trinajstić information content (AvgIpc) is 3.35. The maximum absolute atomic E-state index is 14.5. The van der Waals surface area contributed by atoms with E-state index >= 15 is 0 Å². The van der Waals surface area contributed by atoms with Crippen LogP contribution >= 0.6 is 0 Å². The van der Waals surface area contributed by atoms with Crippen LogP contribution in [0.3, 0.4) is 0 Å². The molecule has 0 radical (unpaired) electrons. The lowest BCUT2D eigenvalue weighted by molar-refractivity contribution is 0.102. The zero-order chi connectivity index (χ0) is 25.4. The summed E-state index contributed by atoms with van der Waals surface area (Å²) in [6.07, 6.45) is 2.68. The van der Waals surface area contributed by atoms with E-state index in [1.54, 1.807) is 12.1 Å². The summed E-state index contributed by atoms with van der Waals surface area (Å²) in [5.74, 6) is -0.880. The minimum absolute atomic E-state index is 0.118. The maximum Gasteiger partial charge on any atom is 0.256 e. The number of carbonyl (C=O) groups is 1. The summed E-state index contributed by atoms with van der Waals surface area (Å²) in [7, 11) is -3.89. The molecule has 1 aliphatic rings. The number of anilines is 2. The zero-order valence-electron chi connectivity index (χ0n) is 18.7. The van der Waals surface area contributed by atoms with Crippen molar-refractivity contribution in [2.45, 2.75) is 23.8 Å². The minimum atomic E-state index is -3.89. The average molecular weight is 511 g/mol. The fourth-order valence-electron chi connectivity index (χ4n) is 4.29. The number of rotatable bonds is 5. The number of halogens is 2. The number of primary sulfonamides is 1. The van der Waals surface area contributed by atoms with Gasteiger partial charge in [0.1, 0.15) is 29.3 Å². The summed E-state index contributed by atoms with van der Waals surface area (Å²) in [6, 6.07) is 11.6. The van der Waals surface area contributed by atoms with Crippen molar-refractivity contribution in [3.05, 3.63) is 83.7 Å². The van der Waals surface area contributed by atoms with Crippen molar-refractivity contribution in [1.82, 2.24) is 15.0 Å². The van der Waals surface area contributed by atoms with Crippen LogP contribution < -0.4 is 15.4 Å². The van der Waals surface area contributed by atoms with Crippen LogP contribution in [-0.2, 0) is 10.0 Å². The van der Waals surface area contributed by atoms with E-state index in [-0.39, 0.29) is 21.8 Å². The van der Waals surface area contributed by atoms with Gasteiger partial charge in [0, 0.05) is 17.7 Å². The van der Waals surface area contributed by atoms with Gasteiger partial charge in [0.15, 0.2) is 5.82 Å². The van der Waals surface area contributed by atoms with Gasteiger partial charge in [-0.15, -0.1) is 0 Å². The van der Waals surface area contributed by atoms with Gasteiger partial charge in [-0.2, -0.15) is 0 Å².